The van der Waals surface area contributed by atoms with E-state index in [1.54, 1.807) is 12.1 Å². The van der Waals surface area contributed by atoms with Gasteiger partial charge in [-0.1, -0.05) is 66.2 Å². The van der Waals surface area contributed by atoms with Crippen LogP contribution in [0.25, 0.3) is 10.9 Å². The Bertz CT molecular complexity index is 1490. The summed E-state index contributed by atoms with van der Waals surface area (Å²) in [4.78, 5) is 0.260. The number of rotatable bonds is 6. The Morgan fingerprint density at radius 1 is 0.778 bits per heavy atom. The van der Waals surface area contributed by atoms with Gasteiger partial charge in [0.25, 0.3) is 10.0 Å². The van der Waals surface area contributed by atoms with Crippen LogP contribution in [-0.4, -0.2) is 30.7 Å². The molecule has 1 aliphatic rings. The quantitative estimate of drug-likeness (QED) is 0.338. The maximum atomic E-state index is 14.2. The molecule has 3 aromatic carbocycles. The molecule has 4 aromatic rings. The first-order valence-corrected chi connectivity index (χ1v) is 13.8. The van der Waals surface area contributed by atoms with Crippen LogP contribution in [-0.2, 0) is 32.2 Å². The Hall–Kier alpha value is -2.87. The SMILES string of the molecule is Cc1ccc(S(=O)(=O)n2c(CCc3ccccc3)c(B3OC(C)(C)C(C)(C)O3)c3ccccc32)cc1. The second-order valence-electron chi connectivity index (χ2n) is 10.5. The lowest BCUT2D eigenvalue weighted by atomic mass is 9.76. The molecule has 0 bridgehead atoms. The lowest BCUT2D eigenvalue weighted by Gasteiger charge is -2.32. The molecule has 1 aromatic heterocycles. The summed E-state index contributed by atoms with van der Waals surface area (Å²) in [5, 5.41) is 0.828. The van der Waals surface area contributed by atoms with E-state index in [1.807, 2.05) is 89.2 Å². The zero-order valence-electron chi connectivity index (χ0n) is 21.5. The fourth-order valence-electron chi connectivity index (χ4n) is 4.75. The third kappa shape index (κ3) is 4.19. The molecule has 0 saturated carbocycles. The van der Waals surface area contributed by atoms with Gasteiger partial charge in [0.05, 0.1) is 21.6 Å². The number of hydrogen-bond donors (Lipinski definition) is 0. The monoisotopic (exact) mass is 501 g/mol. The number of nitrogens with zero attached hydrogens (tertiary/aromatic N) is 1. The van der Waals surface area contributed by atoms with Crippen molar-refractivity contribution in [3.63, 3.8) is 0 Å². The van der Waals surface area contributed by atoms with E-state index in [0.29, 0.717) is 24.1 Å². The Balaban J connectivity index is 1.74. The highest BCUT2D eigenvalue weighted by atomic mass is 32.2. The van der Waals surface area contributed by atoms with Crippen molar-refractivity contribution in [3.8, 4) is 0 Å². The molecule has 36 heavy (non-hydrogen) atoms. The number of aromatic nitrogens is 1. The molecule has 0 amide bonds. The lowest BCUT2D eigenvalue weighted by molar-refractivity contribution is 0.00578. The molecule has 0 aliphatic carbocycles. The van der Waals surface area contributed by atoms with Crippen LogP contribution < -0.4 is 5.46 Å². The van der Waals surface area contributed by atoms with Gasteiger partial charge in [0.15, 0.2) is 0 Å². The van der Waals surface area contributed by atoms with Crippen LogP contribution >= 0.6 is 0 Å². The first kappa shape index (κ1) is 24.8. The van der Waals surface area contributed by atoms with Crippen molar-refractivity contribution in [3.05, 3.63) is 95.7 Å². The van der Waals surface area contributed by atoms with Crippen LogP contribution in [0.4, 0.5) is 0 Å². The van der Waals surface area contributed by atoms with E-state index in [0.717, 1.165) is 22.0 Å². The van der Waals surface area contributed by atoms with E-state index in [4.69, 9.17) is 9.31 Å². The molecule has 1 aliphatic heterocycles. The highest BCUT2D eigenvalue weighted by Crippen LogP contribution is 2.38. The summed E-state index contributed by atoms with van der Waals surface area (Å²) >= 11 is 0. The zero-order chi connectivity index (χ0) is 25.7. The smallest absolute Gasteiger partial charge is 0.399 e. The van der Waals surface area contributed by atoms with Gasteiger partial charge in [0, 0.05) is 16.5 Å². The van der Waals surface area contributed by atoms with Gasteiger partial charge in [0.2, 0.25) is 0 Å². The first-order valence-electron chi connectivity index (χ1n) is 12.4. The normalized spacial score (nSPS) is 17.1. The van der Waals surface area contributed by atoms with Crippen molar-refractivity contribution in [1.29, 1.82) is 0 Å². The molecule has 186 valence electrons. The van der Waals surface area contributed by atoms with E-state index in [2.05, 4.69) is 12.1 Å². The minimum absolute atomic E-state index is 0.260. The fraction of sp³-hybridized carbons (Fsp3) is 0.310. The van der Waals surface area contributed by atoms with Crippen molar-refractivity contribution in [2.75, 3.05) is 0 Å². The minimum atomic E-state index is -3.88. The summed E-state index contributed by atoms with van der Waals surface area (Å²) in [6, 6.07) is 24.8. The van der Waals surface area contributed by atoms with Gasteiger partial charge in [-0.05, 0) is 71.2 Å². The maximum absolute atomic E-state index is 14.2. The van der Waals surface area contributed by atoms with Gasteiger partial charge < -0.3 is 9.31 Å². The molecular formula is C29H32BNO4S. The average molecular weight is 501 g/mol. The van der Waals surface area contributed by atoms with E-state index < -0.39 is 28.3 Å². The average Bonchev–Trinajstić information content (AvgIpc) is 3.28. The van der Waals surface area contributed by atoms with Crippen molar-refractivity contribution < 1.29 is 17.7 Å². The van der Waals surface area contributed by atoms with Gasteiger partial charge in [0.1, 0.15) is 0 Å². The number of benzene rings is 3. The van der Waals surface area contributed by atoms with Gasteiger partial charge in [-0.2, -0.15) is 0 Å². The highest BCUT2D eigenvalue weighted by molar-refractivity contribution is 7.90. The van der Waals surface area contributed by atoms with Crippen LogP contribution in [0.15, 0.2) is 83.8 Å². The van der Waals surface area contributed by atoms with E-state index in [1.165, 1.54) is 3.97 Å². The lowest BCUT2D eigenvalue weighted by Crippen LogP contribution is -2.41. The minimum Gasteiger partial charge on any atom is -0.399 e. The number of aryl methyl sites for hydroxylation is 2. The van der Waals surface area contributed by atoms with Gasteiger partial charge >= 0.3 is 7.12 Å². The standard InChI is InChI=1S/C29H32BNO4S/c1-21-15-18-23(19-16-21)36(32,33)31-25-14-10-9-13-24(25)27(30-34-28(2,3)29(4,5)35-30)26(31)20-17-22-11-7-6-8-12-22/h6-16,18-19H,17,20H2,1-5H3. The second kappa shape index (κ2) is 8.91. The Labute approximate surface area is 214 Å². The predicted octanol–water partition coefficient (Wildman–Crippen LogP) is 5.27. The second-order valence-corrected chi connectivity index (χ2v) is 12.3. The molecule has 0 unspecified atom stereocenters. The van der Waals surface area contributed by atoms with Crippen LogP contribution in [0.2, 0.25) is 0 Å². The Morgan fingerprint density at radius 2 is 1.36 bits per heavy atom. The largest absolute Gasteiger partial charge is 0.497 e. The van der Waals surface area contributed by atoms with Crippen molar-refractivity contribution >= 4 is 33.5 Å². The molecule has 0 N–H and O–H groups in total. The molecule has 0 spiro atoms. The molecular weight excluding hydrogens is 469 g/mol. The van der Waals surface area contributed by atoms with Gasteiger partial charge in [-0.25, -0.2) is 12.4 Å². The molecule has 7 heteroatoms. The third-order valence-corrected chi connectivity index (χ3v) is 9.28. The fourth-order valence-corrected chi connectivity index (χ4v) is 6.34. The summed E-state index contributed by atoms with van der Waals surface area (Å²) in [5.41, 5.74) is 3.16. The molecule has 5 rings (SSSR count). The van der Waals surface area contributed by atoms with Crippen LogP contribution in [0, 0.1) is 6.92 Å². The van der Waals surface area contributed by atoms with E-state index >= 15 is 0 Å². The third-order valence-electron chi connectivity index (χ3n) is 7.51. The number of para-hydroxylation sites is 1. The highest BCUT2D eigenvalue weighted by Gasteiger charge is 2.53. The predicted molar refractivity (Wildman–Crippen MR) is 145 cm³/mol. The van der Waals surface area contributed by atoms with Gasteiger partial charge in [-0.15, -0.1) is 0 Å². The first-order chi connectivity index (χ1) is 17.0. The molecule has 1 fully saturated rings. The zero-order valence-corrected chi connectivity index (χ0v) is 22.3. The van der Waals surface area contributed by atoms with E-state index in [-0.39, 0.29) is 4.90 Å². The Morgan fingerprint density at radius 3 is 2.00 bits per heavy atom. The van der Waals surface area contributed by atoms with E-state index in [9.17, 15) is 8.42 Å². The maximum Gasteiger partial charge on any atom is 0.497 e. The molecule has 2 heterocycles. The molecule has 1 saturated heterocycles. The summed E-state index contributed by atoms with van der Waals surface area (Å²) in [5.74, 6) is 0. The Kier molecular flexibility index (Phi) is 6.14. The topological polar surface area (TPSA) is 57.5 Å². The summed E-state index contributed by atoms with van der Waals surface area (Å²) in [6.45, 7) is 10.00. The van der Waals surface area contributed by atoms with Gasteiger partial charge in [-0.3, -0.25) is 0 Å². The van der Waals surface area contributed by atoms with Crippen LogP contribution in [0.1, 0.15) is 44.5 Å². The molecule has 0 atom stereocenters. The molecule has 5 nitrogen and oxygen atoms in total. The van der Waals surface area contributed by atoms with Crippen LogP contribution in [0.5, 0.6) is 0 Å². The van der Waals surface area contributed by atoms with Crippen molar-refractivity contribution in [2.24, 2.45) is 0 Å². The van der Waals surface area contributed by atoms with Crippen LogP contribution in [0.3, 0.4) is 0 Å². The van der Waals surface area contributed by atoms with Crippen molar-refractivity contribution in [2.45, 2.75) is 63.6 Å². The van der Waals surface area contributed by atoms with Crippen molar-refractivity contribution in [1.82, 2.24) is 3.97 Å². The summed E-state index contributed by atoms with van der Waals surface area (Å²) in [6.07, 6.45) is 1.20. The summed E-state index contributed by atoms with van der Waals surface area (Å²) < 4.78 is 42.8. The number of hydrogen-bond acceptors (Lipinski definition) is 4. The summed E-state index contributed by atoms with van der Waals surface area (Å²) in [7, 11) is -4.56. The molecule has 0 radical (unpaired) electrons. The number of fused-ring (bicyclic) bond motifs is 1.